The fourth-order valence-electron chi connectivity index (χ4n) is 2.49. The summed E-state index contributed by atoms with van der Waals surface area (Å²) < 4.78 is 10.6. The lowest BCUT2D eigenvalue weighted by Crippen LogP contribution is -1.96. The summed E-state index contributed by atoms with van der Waals surface area (Å²) in [5, 5.41) is 9.19. The largest absolute Gasteiger partial charge is 0.478 e. The van der Waals surface area contributed by atoms with E-state index in [0.29, 0.717) is 22.6 Å². The van der Waals surface area contributed by atoms with E-state index in [2.05, 4.69) is 9.97 Å². The first kappa shape index (κ1) is 13.4. The Labute approximate surface area is 131 Å². The number of H-pyrrole nitrogens is 1. The number of carboxylic acids is 1. The number of para-hydroxylation sites is 1. The quantitative estimate of drug-likeness (QED) is 0.776. The average molecular weight is 308 g/mol. The molecule has 0 unspecified atom stereocenters. The summed E-state index contributed by atoms with van der Waals surface area (Å²) in [4.78, 5) is 18.7. The monoisotopic (exact) mass is 308 g/mol. The van der Waals surface area contributed by atoms with Crippen molar-refractivity contribution in [1.29, 1.82) is 0 Å². The van der Waals surface area contributed by atoms with Gasteiger partial charge in [0.15, 0.2) is 11.5 Å². The highest BCUT2D eigenvalue weighted by molar-refractivity contribution is 6.01. The number of carbonyl (C=O) groups is 1. The molecule has 6 nitrogen and oxygen atoms in total. The first-order valence-electron chi connectivity index (χ1n) is 7.00. The Morgan fingerprint density at radius 2 is 2.04 bits per heavy atom. The molecule has 0 radical (unpaired) electrons. The Balaban J connectivity index is 1.67. The van der Waals surface area contributed by atoms with Gasteiger partial charge in [0.1, 0.15) is 11.3 Å². The third-order valence-electron chi connectivity index (χ3n) is 3.59. The van der Waals surface area contributed by atoms with Gasteiger partial charge in [-0.3, -0.25) is 0 Å². The lowest BCUT2D eigenvalue weighted by molar-refractivity contribution is 0.0699. The molecular weight excluding hydrogens is 296 g/mol. The summed E-state index contributed by atoms with van der Waals surface area (Å²) >= 11 is 0. The van der Waals surface area contributed by atoms with Gasteiger partial charge < -0.3 is 19.6 Å². The molecule has 0 bridgehead atoms. The van der Waals surface area contributed by atoms with E-state index in [9.17, 15) is 9.90 Å². The van der Waals surface area contributed by atoms with Gasteiger partial charge in [0.25, 0.3) is 0 Å². The van der Waals surface area contributed by atoms with Gasteiger partial charge in [-0.25, -0.2) is 9.78 Å². The van der Waals surface area contributed by atoms with Crippen LogP contribution >= 0.6 is 0 Å². The number of benzene rings is 2. The molecule has 6 heteroatoms. The van der Waals surface area contributed by atoms with Crippen LogP contribution in [-0.2, 0) is 0 Å². The van der Waals surface area contributed by atoms with E-state index in [1.54, 1.807) is 18.2 Å². The molecule has 1 aliphatic rings. The highest BCUT2D eigenvalue weighted by Crippen LogP contribution is 2.33. The van der Waals surface area contributed by atoms with Gasteiger partial charge in [0.2, 0.25) is 6.79 Å². The SMILES string of the molecule is O=C(O)c1cccc2[nH]c(/C=C/c3ccc4c(c3)OCO4)nc12. The molecule has 1 aliphatic heterocycles. The first-order chi connectivity index (χ1) is 11.2. The van der Waals surface area contributed by atoms with E-state index in [0.717, 1.165) is 11.3 Å². The highest BCUT2D eigenvalue weighted by Gasteiger charge is 2.13. The van der Waals surface area contributed by atoms with Gasteiger partial charge in [-0.2, -0.15) is 0 Å². The van der Waals surface area contributed by atoms with E-state index in [4.69, 9.17) is 9.47 Å². The molecular formula is C17H12N2O4. The number of imidazole rings is 1. The van der Waals surface area contributed by atoms with Crippen molar-refractivity contribution in [1.82, 2.24) is 9.97 Å². The second-order valence-corrected chi connectivity index (χ2v) is 5.07. The number of ether oxygens (including phenoxy) is 2. The highest BCUT2D eigenvalue weighted by atomic mass is 16.7. The molecule has 2 N–H and O–H groups in total. The summed E-state index contributed by atoms with van der Waals surface area (Å²) in [7, 11) is 0. The number of nitrogens with zero attached hydrogens (tertiary/aromatic N) is 1. The molecule has 114 valence electrons. The van der Waals surface area contributed by atoms with E-state index >= 15 is 0 Å². The maximum absolute atomic E-state index is 11.2. The summed E-state index contributed by atoms with van der Waals surface area (Å²) in [6, 6.07) is 10.7. The zero-order valence-corrected chi connectivity index (χ0v) is 11.9. The third-order valence-corrected chi connectivity index (χ3v) is 3.59. The van der Waals surface area contributed by atoms with Gasteiger partial charge in [-0.05, 0) is 35.9 Å². The Hall–Kier alpha value is -3.28. The zero-order valence-electron chi connectivity index (χ0n) is 11.9. The van der Waals surface area contributed by atoms with Crippen LogP contribution < -0.4 is 9.47 Å². The van der Waals surface area contributed by atoms with Crippen LogP contribution in [0.25, 0.3) is 23.2 Å². The van der Waals surface area contributed by atoms with E-state index < -0.39 is 5.97 Å². The Kier molecular flexibility index (Phi) is 3.01. The molecule has 0 atom stereocenters. The lowest BCUT2D eigenvalue weighted by Gasteiger charge is -1.97. The predicted octanol–water partition coefficient (Wildman–Crippen LogP) is 3.16. The summed E-state index contributed by atoms with van der Waals surface area (Å²) in [6.45, 7) is 0.240. The van der Waals surface area contributed by atoms with Crippen LogP contribution in [0.1, 0.15) is 21.7 Å². The number of hydrogen-bond acceptors (Lipinski definition) is 4. The Morgan fingerprint density at radius 3 is 2.91 bits per heavy atom. The summed E-state index contributed by atoms with van der Waals surface area (Å²) in [5.41, 5.74) is 2.26. The molecule has 0 saturated heterocycles. The molecule has 0 aliphatic carbocycles. The molecule has 2 heterocycles. The minimum atomic E-state index is -0.992. The van der Waals surface area contributed by atoms with Crippen LogP contribution in [0.3, 0.4) is 0 Å². The van der Waals surface area contributed by atoms with Gasteiger partial charge in [-0.15, -0.1) is 0 Å². The third kappa shape index (κ3) is 2.40. The van der Waals surface area contributed by atoms with Crippen molar-refractivity contribution in [3.63, 3.8) is 0 Å². The van der Waals surface area contributed by atoms with Gasteiger partial charge >= 0.3 is 5.97 Å². The molecule has 0 amide bonds. The predicted molar refractivity (Wildman–Crippen MR) is 84.5 cm³/mol. The van der Waals surface area contributed by atoms with E-state index in [-0.39, 0.29) is 12.4 Å². The molecule has 2 aromatic carbocycles. The molecule has 4 rings (SSSR count). The second kappa shape index (κ2) is 5.17. The zero-order chi connectivity index (χ0) is 15.8. The Morgan fingerprint density at radius 1 is 1.17 bits per heavy atom. The van der Waals surface area contributed by atoms with Gasteiger partial charge in [-0.1, -0.05) is 18.2 Å². The van der Waals surface area contributed by atoms with Crippen LogP contribution in [0, 0.1) is 0 Å². The standard InChI is InChI=1S/C17H12N2O4/c20-17(21)11-2-1-3-12-16(11)19-15(18-12)7-5-10-4-6-13-14(8-10)23-9-22-13/h1-8H,9H2,(H,18,19)(H,20,21)/b7-5+. The number of fused-ring (bicyclic) bond motifs is 2. The maximum atomic E-state index is 11.2. The molecule has 1 aromatic heterocycles. The smallest absolute Gasteiger partial charge is 0.337 e. The van der Waals surface area contributed by atoms with E-state index in [1.165, 1.54) is 6.07 Å². The number of aromatic nitrogens is 2. The minimum absolute atomic E-state index is 0.182. The van der Waals surface area contributed by atoms with Crippen LogP contribution in [-0.4, -0.2) is 27.8 Å². The molecule has 0 saturated carbocycles. The number of hydrogen-bond donors (Lipinski definition) is 2. The minimum Gasteiger partial charge on any atom is -0.478 e. The number of aromatic amines is 1. The topological polar surface area (TPSA) is 84.4 Å². The average Bonchev–Trinajstić information content (AvgIpc) is 3.17. The summed E-state index contributed by atoms with van der Waals surface area (Å²) in [6.07, 6.45) is 3.67. The van der Waals surface area contributed by atoms with Crippen molar-refractivity contribution >= 4 is 29.2 Å². The van der Waals surface area contributed by atoms with Crippen molar-refractivity contribution in [3.8, 4) is 11.5 Å². The molecule has 0 fully saturated rings. The van der Waals surface area contributed by atoms with Crippen molar-refractivity contribution in [2.45, 2.75) is 0 Å². The fraction of sp³-hybridized carbons (Fsp3) is 0.0588. The first-order valence-corrected chi connectivity index (χ1v) is 7.00. The van der Waals surface area contributed by atoms with Crippen LogP contribution in [0.5, 0.6) is 11.5 Å². The van der Waals surface area contributed by atoms with Crippen molar-refractivity contribution < 1.29 is 19.4 Å². The van der Waals surface area contributed by atoms with Crippen molar-refractivity contribution in [2.24, 2.45) is 0 Å². The van der Waals surface area contributed by atoms with Gasteiger partial charge in [0, 0.05) is 0 Å². The van der Waals surface area contributed by atoms with Crippen molar-refractivity contribution in [3.05, 3.63) is 53.3 Å². The molecule has 3 aromatic rings. The van der Waals surface area contributed by atoms with Crippen LogP contribution in [0.4, 0.5) is 0 Å². The lowest BCUT2D eigenvalue weighted by atomic mass is 10.2. The summed E-state index contributed by atoms with van der Waals surface area (Å²) in [5.74, 6) is 1.04. The van der Waals surface area contributed by atoms with Crippen molar-refractivity contribution in [2.75, 3.05) is 6.79 Å². The molecule has 0 spiro atoms. The van der Waals surface area contributed by atoms with E-state index in [1.807, 2.05) is 24.3 Å². The number of carboxylic acid groups (broad SMARTS) is 1. The number of aromatic carboxylic acids is 1. The van der Waals surface area contributed by atoms with Crippen LogP contribution in [0.2, 0.25) is 0 Å². The molecule has 23 heavy (non-hydrogen) atoms. The van der Waals surface area contributed by atoms with Gasteiger partial charge in [0.05, 0.1) is 11.1 Å². The Bertz CT molecular complexity index is 943. The number of rotatable bonds is 3. The second-order valence-electron chi connectivity index (χ2n) is 5.07. The number of nitrogens with one attached hydrogen (secondary N) is 1. The fourth-order valence-corrected chi connectivity index (χ4v) is 2.49. The normalized spacial score (nSPS) is 13.0. The maximum Gasteiger partial charge on any atom is 0.337 e. The van der Waals surface area contributed by atoms with Crippen LogP contribution in [0.15, 0.2) is 36.4 Å².